The number of ether oxygens (including phenoxy) is 1. The average molecular weight is 289 g/mol. The lowest BCUT2D eigenvalue weighted by Crippen LogP contribution is -2.13. The number of aromatic amines is 1. The van der Waals surface area contributed by atoms with Crippen LogP contribution in [-0.4, -0.2) is 23.3 Å². The Morgan fingerprint density at radius 1 is 1.56 bits per heavy atom. The Morgan fingerprint density at radius 2 is 2.28 bits per heavy atom. The molecule has 1 unspecified atom stereocenters. The fourth-order valence-electron chi connectivity index (χ4n) is 2.05. The Bertz CT molecular complexity index is 622. The van der Waals surface area contributed by atoms with Crippen molar-refractivity contribution in [3.05, 3.63) is 27.7 Å². The Labute approximate surface area is 115 Å². The highest BCUT2D eigenvalue weighted by Crippen LogP contribution is 2.26. The van der Waals surface area contributed by atoms with Crippen molar-refractivity contribution < 1.29 is 9.13 Å². The molecule has 0 bridgehead atoms. The maximum Gasteiger partial charge on any atom is 0.178 e. The van der Waals surface area contributed by atoms with Gasteiger partial charge in [0, 0.05) is 13.2 Å². The van der Waals surface area contributed by atoms with E-state index in [0.717, 1.165) is 11.9 Å². The fraction of sp³-hybridized carbons (Fsp3) is 0.417. The van der Waals surface area contributed by atoms with Gasteiger partial charge in [0.05, 0.1) is 28.7 Å². The number of benzene rings is 1. The first-order valence-electron chi connectivity index (χ1n) is 5.66. The van der Waals surface area contributed by atoms with E-state index in [-0.39, 0.29) is 11.1 Å². The van der Waals surface area contributed by atoms with Crippen LogP contribution in [0.2, 0.25) is 5.02 Å². The highest BCUT2D eigenvalue weighted by atomic mass is 35.5. The van der Waals surface area contributed by atoms with Crippen LogP contribution in [0.4, 0.5) is 4.39 Å². The van der Waals surface area contributed by atoms with Crippen LogP contribution in [0.15, 0.2) is 12.1 Å². The Morgan fingerprint density at radius 3 is 2.89 bits per heavy atom. The summed E-state index contributed by atoms with van der Waals surface area (Å²) in [5, 5.41) is 0.0949. The summed E-state index contributed by atoms with van der Waals surface area (Å²) >= 11 is 11.1. The number of rotatable bonds is 4. The van der Waals surface area contributed by atoms with Gasteiger partial charge in [-0.2, -0.15) is 0 Å². The number of nitrogens with zero attached hydrogens (tertiary/aromatic N) is 1. The zero-order valence-electron chi connectivity index (χ0n) is 10.2. The van der Waals surface area contributed by atoms with Crippen molar-refractivity contribution >= 4 is 34.9 Å². The Balaban J connectivity index is 2.66. The van der Waals surface area contributed by atoms with E-state index in [2.05, 4.69) is 11.9 Å². The molecule has 0 fully saturated rings. The van der Waals surface area contributed by atoms with Crippen LogP contribution in [0.3, 0.4) is 0 Å². The van der Waals surface area contributed by atoms with Gasteiger partial charge in [-0.3, -0.25) is 0 Å². The predicted octanol–water partition coefficient (Wildman–Crippen LogP) is 4.09. The molecule has 0 spiro atoms. The lowest BCUT2D eigenvalue weighted by atomic mass is 10.2. The number of hydrogen-bond donors (Lipinski definition) is 1. The van der Waals surface area contributed by atoms with Gasteiger partial charge in [-0.05, 0) is 24.7 Å². The summed E-state index contributed by atoms with van der Waals surface area (Å²) < 4.78 is 21.1. The van der Waals surface area contributed by atoms with Gasteiger partial charge in [-0.1, -0.05) is 18.5 Å². The molecule has 1 N–H and O–H groups in total. The molecule has 0 saturated carbocycles. The van der Waals surface area contributed by atoms with Gasteiger partial charge in [0.25, 0.3) is 0 Å². The van der Waals surface area contributed by atoms with E-state index < -0.39 is 5.82 Å². The molecular formula is C12H14ClFN2OS. The number of methoxy groups -OCH3 is 1. The van der Waals surface area contributed by atoms with Crippen molar-refractivity contribution in [2.24, 2.45) is 0 Å². The van der Waals surface area contributed by atoms with E-state index >= 15 is 0 Å². The average Bonchev–Trinajstić information content (AvgIpc) is 2.63. The Hall–Kier alpha value is -0.910. The van der Waals surface area contributed by atoms with E-state index in [1.807, 2.05) is 4.57 Å². The summed E-state index contributed by atoms with van der Waals surface area (Å²) in [4.78, 5) is 2.99. The molecule has 0 radical (unpaired) electrons. The normalized spacial score (nSPS) is 13.1. The minimum Gasteiger partial charge on any atom is -0.383 e. The monoisotopic (exact) mass is 288 g/mol. The van der Waals surface area contributed by atoms with Crippen molar-refractivity contribution in [3.63, 3.8) is 0 Å². The summed E-state index contributed by atoms with van der Waals surface area (Å²) in [6.07, 6.45) is 0.865. The van der Waals surface area contributed by atoms with Gasteiger partial charge >= 0.3 is 0 Å². The summed E-state index contributed by atoms with van der Waals surface area (Å²) in [6.45, 7) is 2.60. The van der Waals surface area contributed by atoms with E-state index in [9.17, 15) is 4.39 Å². The summed E-state index contributed by atoms with van der Waals surface area (Å²) in [6, 6.07) is 3.07. The number of aromatic nitrogens is 2. The molecule has 2 rings (SSSR count). The molecule has 1 aromatic heterocycles. The molecule has 1 atom stereocenters. The second-order valence-electron chi connectivity index (χ2n) is 4.10. The minimum absolute atomic E-state index is 0.0949. The molecule has 6 heteroatoms. The largest absolute Gasteiger partial charge is 0.383 e. The Kier molecular flexibility index (Phi) is 4.04. The third-order valence-electron chi connectivity index (χ3n) is 2.95. The smallest absolute Gasteiger partial charge is 0.178 e. The lowest BCUT2D eigenvalue weighted by Gasteiger charge is -2.16. The highest BCUT2D eigenvalue weighted by molar-refractivity contribution is 7.71. The number of imidazole rings is 1. The van der Waals surface area contributed by atoms with Crippen LogP contribution >= 0.6 is 23.8 Å². The zero-order chi connectivity index (χ0) is 13.3. The van der Waals surface area contributed by atoms with Crippen molar-refractivity contribution in [1.82, 2.24) is 9.55 Å². The SMILES string of the molecule is CCC(COC)n1c(=S)[nH]c2cc(F)c(Cl)cc21. The molecular weight excluding hydrogens is 275 g/mol. The molecule has 0 aliphatic carbocycles. The quantitative estimate of drug-likeness (QED) is 0.859. The van der Waals surface area contributed by atoms with E-state index in [1.165, 1.54) is 6.07 Å². The summed E-state index contributed by atoms with van der Waals surface area (Å²) in [7, 11) is 1.65. The molecule has 0 amide bonds. The maximum absolute atomic E-state index is 13.4. The van der Waals surface area contributed by atoms with Crippen LogP contribution < -0.4 is 0 Å². The van der Waals surface area contributed by atoms with Gasteiger partial charge in [0.2, 0.25) is 0 Å². The van der Waals surface area contributed by atoms with Crippen molar-refractivity contribution in [2.45, 2.75) is 19.4 Å². The van der Waals surface area contributed by atoms with Crippen molar-refractivity contribution in [3.8, 4) is 0 Å². The van der Waals surface area contributed by atoms with Crippen LogP contribution in [0.1, 0.15) is 19.4 Å². The molecule has 98 valence electrons. The van der Waals surface area contributed by atoms with Gasteiger partial charge in [0.15, 0.2) is 4.77 Å². The maximum atomic E-state index is 13.4. The predicted molar refractivity (Wildman–Crippen MR) is 73.3 cm³/mol. The molecule has 2 aromatic rings. The van der Waals surface area contributed by atoms with Gasteiger partial charge < -0.3 is 14.3 Å². The van der Waals surface area contributed by atoms with E-state index in [1.54, 1.807) is 13.2 Å². The van der Waals surface area contributed by atoms with Gasteiger partial charge in [-0.15, -0.1) is 0 Å². The molecule has 0 aliphatic rings. The van der Waals surface area contributed by atoms with Crippen molar-refractivity contribution in [2.75, 3.05) is 13.7 Å². The molecule has 18 heavy (non-hydrogen) atoms. The molecule has 0 aliphatic heterocycles. The van der Waals surface area contributed by atoms with Gasteiger partial charge in [0.1, 0.15) is 5.82 Å². The molecule has 1 aromatic carbocycles. The van der Waals surface area contributed by atoms with E-state index in [0.29, 0.717) is 16.9 Å². The van der Waals surface area contributed by atoms with E-state index in [4.69, 9.17) is 28.6 Å². The second kappa shape index (κ2) is 5.38. The first-order valence-corrected chi connectivity index (χ1v) is 6.45. The van der Waals surface area contributed by atoms with Gasteiger partial charge in [-0.25, -0.2) is 4.39 Å². The summed E-state index contributed by atoms with van der Waals surface area (Å²) in [5.41, 5.74) is 1.45. The fourth-order valence-corrected chi connectivity index (χ4v) is 2.57. The first-order chi connectivity index (χ1) is 8.58. The number of halogens is 2. The second-order valence-corrected chi connectivity index (χ2v) is 4.89. The molecule has 0 saturated heterocycles. The highest BCUT2D eigenvalue weighted by Gasteiger charge is 2.15. The van der Waals surface area contributed by atoms with Crippen molar-refractivity contribution in [1.29, 1.82) is 0 Å². The number of hydrogen-bond acceptors (Lipinski definition) is 2. The topological polar surface area (TPSA) is 29.9 Å². The number of nitrogens with one attached hydrogen (secondary N) is 1. The minimum atomic E-state index is -0.452. The number of fused-ring (bicyclic) bond motifs is 1. The van der Waals surface area contributed by atoms with Crippen LogP contribution in [-0.2, 0) is 4.74 Å². The zero-order valence-corrected chi connectivity index (χ0v) is 11.7. The van der Waals surface area contributed by atoms with Crippen LogP contribution in [0.5, 0.6) is 0 Å². The van der Waals surface area contributed by atoms with Crippen LogP contribution in [0, 0.1) is 10.6 Å². The standard InChI is InChI=1S/C12H14ClFN2OS/c1-3-7(6-17-2)16-11-4-8(13)9(14)5-10(11)15-12(16)18/h4-5,7H,3,6H2,1-2H3,(H,15,18). The summed E-state index contributed by atoms with van der Waals surface area (Å²) in [5.74, 6) is -0.452. The lowest BCUT2D eigenvalue weighted by molar-refractivity contribution is 0.154. The third kappa shape index (κ3) is 2.30. The third-order valence-corrected chi connectivity index (χ3v) is 3.54. The number of H-pyrrole nitrogens is 1. The molecule has 1 heterocycles. The molecule has 3 nitrogen and oxygen atoms in total. The first kappa shape index (κ1) is 13.5. The van der Waals surface area contributed by atoms with Crippen LogP contribution in [0.25, 0.3) is 11.0 Å².